The number of carbonyl (C=O) groups excluding carboxylic acids is 5. The number of piperidine rings is 1. The molecule has 0 saturated carbocycles. The zero-order valence-electron chi connectivity index (χ0n) is 16.0. The normalized spacial score (nSPS) is 16.4. The fraction of sp³-hybridized carbons (Fsp3) is 0.421. The maximum atomic E-state index is 13.0. The summed E-state index contributed by atoms with van der Waals surface area (Å²) in [4.78, 5) is 60.6. The van der Waals surface area contributed by atoms with Gasteiger partial charge in [-0.2, -0.15) is 0 Å². The lowest BCUT2D eigenvalue weighted by atomic mass is 10.0. The highest BCUT2D eigenvalue weighted by molar-refractivity contribution is 6.08. The van der Waals surface area contributed by atoms with Gasteiger partial charge in [0.15, 0.2) is 6.61 Å². The lowest BCUT2D eigenvalue weighted by molar-refractivity contribution is -0.139. The monoisotopic (exact) mass is 389 g/mol. The summed E-state index contributed by atoms with van der Waals surface area (Å²) in [7, 11) is 0. The molecule has 9 nitrogen and oxygen atoms in total. The Kier molecular flexibility index (Phi) is 6.86. The second-order valence-electron chi connectivity index (χ2n) is 6.74. The number of ether oxygens (including phenoxy) is 1. The topological polar surface area (TPSA) is 122 Å². The van der Waals surface area contributed by atoms with E-state index in [1.165, 1.54) is 6.07 Å². The maximum Gasteiger partial charge on any atom is 0.265 e. The van der Waals surface area contributed by atoms with E-state index in [1.54, 1.807) is 32.9 Å². The van der Waals surface area contributed by atoms with Gasteiger partial charge in [0.2, 0.25) is 18.2 Å². The Hall–Kier alpha value is -3.23. The van der Waals surface area contributed by atoms with Crippen LogP contribution in [-0.2, 0) is 19.2 Å². The summed E-state index contributed by atoms with van der Waals surface area (Å²) >= 11 is 0. The number of hydrogen-bond acceptors (Lipinski definition) is 6. The summed E-state index contributed by atoms with van der Waals surface area (Å²) in [6, 6.07) is 3.67. The lowest BCUT2D eigenvalue weighted by Gasteiger charge is -2.29. The molecule has 28 heavy (non-hydrogen) atoms. The fourth-order valence-corrected chi connectivity index (χ4v) is 2.88. The number of amides is 5. The summed E-state index contributed by atoms with van der Waals surface area (Å²) in [5.41, 5.74) is 0.600. The van der Waals surface area contributed by atoms with E-state index in [0.717, 1.165) is 4.90 Å². The molecular formula is C19H23N3O6. The van der Waals surface area contributed by atoms with Crippen LogP contribution in [0.25, 0.3) is 0 Å². The van der Waals surface area contributed by atoms with Crippen molar-refractivity contribution in [2.24, 2.45) is 0 Å². The molecule has 1 fully saturated rings. The molecule has 150 valence electrons. The first-order chi connectivity index (χ1) is 13.2. The summed E-state index contributed by atoms with van der Waals surface area (Å²) in [6.45, 7) is 4.96. The van der Waals surface area contributed by atoms with Crippen molar-refractivity contribution < 1.29 is 28.7 Å². The molecule has 0 bridgehead atoms. The molecule has 0 aliphatic carbocycles. The van der Waals surface area contributed by atoms with Gasteiger partial charge in [0.1, 0.15) is 11.8 Å². The van der Waals surface area contributed by atoms with Gasteiger partial charge in [-0.25, -0.2) is 0 Å². The van der Waals surface area contributed by atoms with Gasteiger partial charge in [0.25, 0.3) is 11.8 Å². The van der Waals surface area contributed by atoms with Gasteiger partial charge < -0.3 is 10.1 Å². The standard InChI is InChI=1S/C19H23N3O6/c1-11(2)20-16(25)9-28-14-6-4-5-12(3)17(14)19(27)22(10-23)13-7-8-15(24)21-18(13)26/h4-6,10-11,13H,7-9H2,1-3H3,(H,20,25)(H,21,24,26). The van der Waals surface area contributed by atoms with Crippen LogP contribution in [0.4, 0.5) is 0 Å². The average Bonchev–Trinajstić information content (AvgIpc) is 2.61. The van der Waals surface area contributed by atoms with E-state index in [0.29, 0.717) is 5.56 Å². The third-order valence-corrected chi connectivity index (χ3v) is 4.15. The molecule has 1 heterocycles. The summed E-state index contributed by atoms with van der Waals surface area (Å²) in [5.74, 6) is -2.11. The second kappa shape index (κ2) is 9.12. The molecule has 2 rings (SSSR count). The molecule has 1 aromatic rings. The Morgan fingerprint density at radius 2 is 2.07 bits per heavy atom. The molecule has 1 saturated heterocycles. The quantitative estimate of drug-likeness (QED) is 0.511. The molecule has 1 aliphatic heterocycles. The van der Waals surface area contributed by atoms with E-state index in [1.807, 2.05) is 0 Å². The Bertz CT molecular complexity index is 805. The first kappa shape index (κ1) is 21.1. The van der Waals surface area contributed by atoms with E-state index in [2.05, 4.69) is 10.6 Å². The largest absolute Gasteiger partial charge is 0.483 e. The van der Waals surface area contributed by atoms with Crippen molar-refractivity contribution in [1.82, 2.24) is 15.5 Å². The van der Waals surface area contributed by atoms with Crippen LogP contribution in [-0.4, -0.2) is 53.6 Å². The predicted octanol–water partition coefficient (Wildman–Crippen LogP) is 0.302. The fourth-order valence-electron chi connectivity index (χ4n) is 2.88. The second-order valence-corrected chi connectivity index (χ2v) is 6.74. The van der Waals surface area contributed by atoms with E-state index in [-0.39, 0.29) is 49.1 Å². The average molecular weight is 389 g/mol. The van der Waals surface area contributed by atoms with E-state index in [9.17, 15) is 24.0 Å². The first-order valence-electron chi connectivity index (χ1n) is 8.88. The summed E-state index contributed by atoms with van der Waals surface area (Å²) in [5, 5.41) is 4.79. The summed E-state index contributed by atoms with van der Waals surface area (Å²) in [6.07, 6.45) is 0.346. The van der Waals surface area contributed by atoms with E-state index >= 15 is 0 Å². The number of nitrogens with one attached hydrogen (secondary N) is 2. The molecule has 1 atom stereocenters. The molecule has 1 aliphatic rings. The van der Waals surface area contributed by atoms with Crippen molar-refractivity contribution in [3.63, 3.8) is 0 Å². The molecular weight excluding hydrogens is 366 g/mol. The zero-order chi connectivity index (χ0) is 20.8. The molecule has 0 spiro atoms. The van der Waals surface area contributed by atoms with Crippen LogP contribution < -0.4 is 15.4 Å². The third kappa shape index (κ3) is 4.93. The van der Waals surface area contributed by atoms with Gasteiger partial charge in [0.05, 0.1) is 5.56 Å². The summed E-state index contributed by atoms with van der Waals surface area (Å²) < 4.78 is 5.50. The minimum atomic E-state index is -1.08. The molecule has 1 aromatic carbocycles. The number of benzene rings is 1. The number of rotatable bonds is 7. The van der Waals surface area contributed by atoms with Crippen LogP contribution in [0.15, 0.2) is 18.2 Å². The molecule has 0 aromatic heterocycles. The van der Waals surface area contributed by atoms with Gasteiger partial charge in [-0.05, 0) is 38.8 Å². The maximum absolute atomic E-state index is 13.0. The van der Waals surface area contributed by atoms with Crippen molar-refractivity contribution in [1.29, 1.82) is 0 Å². The van der Waals surface area contributed by atoms with Crippen LogP contribution >= 0.6 is 0 Å². The number of imide groups is 2. The van der Waals surface area contributed by atoms with Gasteiger partial charge in [0, 0.05) is 12.5 Å². The molecule has 1 unspecified atom stereocenters. The van der Waals surface area contributed by atoms with Crippen LogP contribution in [0.1, 0.15) is 42.6 Å². The molecule has 5 amide bonds. The smallest absolute Gasteiger partial charge is 0.265 e. The van der Waals surface area contributed by atoms with Gasteiger partial charge in [-0.15, -0.1) is 0 Å². The highest BCUT2D eigenvalue weighted by Gasteiger charge is 2.36. The molecule has 0 radical (unpaired) electrons. The Balaban J connectivity index is 2.25. The Labute approximate surface area is 162 Å². The number of carbonyl (C=O) groups is 5. The van der Waals surface area contributed by atoms with E-state index in [4.69, 9.17) is 4.74 Å². The predicted molar refractivity (Wildman–Crippen MR) is 98.4 cm³/mol. The lowest BCUT2D eigenvalue weighted by Crippen LogP contribution is -2.54. The van der Waals surface area contributed by atoms with Crippen molar-refractivity contribution in [3.8, 4) is 5.75 Å². The van der Waals surface area contributed by atoms with Gasteiger partial charge in [-0.1, -0.05) is 12.1 Å². The van der Waals surface area contributed by atoms with Crippen LogP contribution in [0.3, 0.4) is 0 Å². The van der Waals surface area contributed by atoms with Crippen molar-refractivity contribution in [2.75, 3.05) is 6.61 Å². The van der Waals surface area contributed by atoms with Crippen molar-refractivity contribution >= 4 is 30.0 Å². The van der Waals surface area contributed by atoms with E-state index < -0.39 is 23.8 Å². The minimum absolute atomic E-state index is 0.0283. The zero-order valence-corrected chi connectivity index (χ0v) is 16.0. The number of nitrogens with zero attached hydrogens (tertiary/aromatic N) is 1. The highest BCUT2D eigenvalue weighted by Crippen LogP contribution is 2.25. The van der Waals surface area contributed by atoms with Crippen molar-refractivity contribution in [3.05, 3.63) is 29.3 Å². The molecule has 9 heteroatoms. The van der Waals surface area contributed by atoms with Crippen LogP contribution in [0.2, 0.25) is 0 Å². The van der Waals surface area contributed by atoms with Gasteiger partial charge >= 0.3 is 0 Å². The third-order valence-electron chi connectivity index (χ3n) is 4.15. The Morgan fingerprint density at radius 3 is 2.68 bits per heavy atom. The minimum Gasteiger partial charge on any atom is -0.483 e. The number of aryl methyl sites for hydroxylation is 1. The van der Waals surface area contributed by atoms with Crippen LogP contribution in [0.5, 0.6) is 5.75 Å². The first-order valence-corrected chi connectivity index (χ1v) is 8.88. The SMILES string of the molecule is Cc1cccc(OCC(=O)NC(C)C)c1C(=O)N(C=O)C1CCC(=O)NC1=O. The number of hydrogen-bond donors (Lipinski definition) is 2. The van der Waals surface area contributed by atoms with Crippen molar-refractivity contribution in [2.45, 2.75) is 45.7 Å². The highest BCUT2D eigenvalue weighted by atomic mass is 16.5. The molecule has 2 N–H and O–H groups in total. The van der Waals surface area contributed by atoms with Crippen LogP contribution in [0, 0.1) is 6.92 Å². The van der Waals surface area contributed by atoms with Gasteiger partial charge in [-0.3, -0.25) is 34.2 Å². The Morgan fingerprint density at radius 1 is 1.36 bits per heavy atom.